The van der Waals surface area contributed by atoms with E-state index in [1.165, 1.54) is 17.2 Å². The minimum Gasteiger partial charge on any atom is -0.466 e. The van der Waals surface area contributed by atoms with Crippen LogP contribution in [0.1, 0.15) is 6.23 Å². The summed E-state index contributed by atoms with van der Waals surface area (Å²) in [7, 11) is 0. The van der Waals surface area contributed by atoms with Crippen molar-refractivity contribution in [3.05, 3.63) is 24.7 Å². The Bertz CT molecular complexity index is 658. The number of aliphatic hydroxyl groups excluding tert-OH is 2. The lowest BCUT2D eigenvalue weighted by Gasteiger charge is -2.15. The second-order valence-corrected chi connectivity index (χ2v) is 4.04. The Hall–Kier alpha value is -2.26. The van der Waals surface area contributed by atoms with Gasteiger partial charge in [0.25, 0.3) is 0 Å². The number of nitrogens with two attached hydrogens (primary N) is 1. The summed E-state index contributed by atoms with van der Waals surface area (Å²) in [5.74, 6) is -0.167. The number of aliphatic hydroxyl groups is 2. The SMILES string of the molecule is Nc1ncnc2c1ncn2C1O/C(=C\F)C(O)C1O. The highest BCUT2D eigenvalue weighted by Crippen LogP contribution is 2.33. The van der Waals surface area contributed by atoms with Gasteiger partial charge in [-0.2, -0.15) is 0 Å². The third-order valence-electron chi connectivity index (χ3n) is 2.93. The molecule has 2 aromatic heterocycles. The Balaban J connectivity index is 2.09. The van der Waals surface area contributed by atoms with Crippen LogP contribution >= 0.6 is 0 Å². The molecule has 0 amide bonds. The van der Waals surface area contributed by atoms with Gasteiger partial charge in [0.05, 0.1) is 0 Å². The van der Waals surface area contributed by atoms with Crippen LogP contribution in [-0.2, 0) is 4.74 Å². The molecule has 8 nitrogen and oxygen atoms in total. The van der Waals surface area contributed by atoms with Gasteiger partial charge in [-0.25, -0.2) is 19.3 Å². The molecule has 1 aliphatic rings. The smallest absolute Gasteiger partial charge is 0.207 e. The molecule has 100 valence electrons. The Morgan fingerprint density at radius 2 is 2.16 bits per heavy atom. The van der Waals surface area contributed by atoms with Crippen LogP contribution in [0.25, 0.3) is 11.2 Å². The second kappa shape index (κ2) is 4.14. The molecule has 0 spiro atoms. The van der Waals surface area contributed by atoms with E-state index in [9.17, 15) is 14.6 Å². The molecule has 4 N–H and O–H groups in total. The third-order valence-corrected chi connectivity index (χ3v) is 2.93. The minimum atomic E-state index is -1.44. The zero-order chi connectivity index (χ0) is 13.6. The monoisotopic (exact) mass is 267 g/mol. The summed E-state index contributed by atoms with van der Waals surface area (Å²) in [6.07, 6.45) is -1.13. The maximum absolute atomic E-state index is 12.5. The number of imidazole rings is 1. The Morgan fingerprint density at radius 1 is 1.37 bits per heavy atom. The minimum absolute atomic E-state index is 0.107. The molecule has 9 heteroatoms. The molecule has 0 saturated carbocycles. The largest absolute Gasteiger partial charge is 0.466 e. The second-order valence-electron chi connectivity index (χ2n) is 4.04. The highest BCUT2D eigenvalue weighted by molar-refractivity contribution is 5.81. The zero-order valence-electron chi connectivity index (χ0n) is 9.51. The van der Waals surface area contributed by atoms with Crippen LogP contribution in [-0.4, -0.2) is 41.9 Å². The van der Waals surface area contributed by atoms with Gasteiger partial charge in [-0.3, -0.25) is 4.57 Å². The van der Waals surface area contributed by atoms with Gasteiger partial charge in [0, 0.05) is 0 Å². The summed E-state index contributed by atoms with van der Waals surface area (Å²) in [6, 6.07) is 0. The summed E-state index contributed by atoms with van der Waals surface area (Å²) in [5, 5.41) is 19.4. The van der Waals surface area contributed by atoms with E-state index < -0.39 is 18.4 Å². The van der Waals surface area contributed by atoms with Gasteiger partial charge in [-0.1, -0.05) is 0 Å². The van der Waals surface area contributed by atoms with Gasteiger partial charge in [0.15, 0.2) is 17.2 Å². The van der Waals surface area contributed by atoms with Crippen molar-refractivity contribution in [1.82, 2.24) is 19.5 Å². The number of anilines is 1. The molecule has 1 fully saturated rings. The van der Waals surface area contributed by atoms with E-state index in [2.05, 4.69) is 15.0 Å². The van der Waals surface area contributed by atoms with Gasteiger partial charge in [0.2, 0.25) is 6.23 Å². The van der Waals surface area contributed by atoms with Crippen molar-refractivity contribution in [3.8, 4) is 0 Å². The molecule has 0 radical (unpaired) electrons. The molecule has 3 atom stereocenters. The third kappa shape index (κ3) is 1.63. The number of fused-ring (bicyclic) bond motifs is 1. The first-order valence-electron chi connectivity index (χ1n) is 5.39. The molecule has 0 aliphatic carbocycles. The van der Waals surface area contributed by atoms with E-state index in [0.717, 1.165) is 0 Å². The van der Waals surface area contributed by atoms with Gasteiger partial charge in [0.1, 0.15) is 36.7 Å². The standard InChI is InChI=1S/C10H10FN5O3/c11-1-4-6(17)7(18)10(19-4)16-3-15-5-8(12)13-2-14-9(5)16/h1-3,6-7,10,17-18H,(H2,12,13,14)/b4-1-. The number of hydrogen-bond donors (Lipinski definition) is 3. The molecular formula is C10H10FN5O3. The fourth-order valence-electron chi connectivity index (χ4n) is 1.97. The number of ether oxygens (including phenoxy) is 1. The zero-order valence-corrected chi connectivity index (χ0v) is 9.51. The molecule has 19 heavy (non-hydrogen) atoms. The van der Waals surface area contributed by atoms with Crippen molar-refractivity contribution in [2.45, 2.75) is 18.4 Å². The van der Waals surface area contributed by atoms with E-state index in [1.54, 1.807) is 0 Å². The number of nitrogens with zero attached hydrogens (tertiary/aromatic N) is 4. The van der Waals surface area contributed by atoms with Gasteiger partial charge in [-0.15, -0.1) is 0 Å². The van der Waals surface area contributed by atoms with Crippen LogP contribution in [0, 0.1) is 0 Å². The van der Waals surface area contributed by atoms with E-state index >= 15 is 0 Å². The highest BCUT2D eigenvalue weighted by Gasteiger charge is 2.41. The lowest BCUT2D eigenvalue weighted by Crippen LogP contribution is -2.27. The first kappa shape index (κ1) is 11.8. The van der Waals surface area contributed by atoms with E-state index in [1.807, 2.05) is 0 Å². The molecule has 0 bridgehead atoms. The number of halogens is 1. The number of hydrogen-bond acceptors (Lipinski definition) is 7. The van der Waals surface area contributed by atoms with Crippen LogP contribution in [0.4, 0.5) is 10.2 Å². The van der Waals surface area contributed by atoms with Crippen molar-refractivity contribution >= 4 is 17.0 Å². The van der Waals surface area contributed by atoms with Gasteiger partial charge < -0.3 is 20.7 Å². The Labute approximate surface area is 106 Å². The maximum Gasteiger partial charge on any atom is 0.207 e. The molecule has 0 aromatic carbocycles. The van der Waals surface area contributed by atoms with Gasteiger partial charge in [-0.05, 0) is 0 Å². The first-order valence-corrected chi connectivity index (χ1v) is 5.39. The maximum atomic E-state index is 12.5. The quantitative estimate of drug-likeness (QED) is 0.635. The Kier molecular flexibility index (Phi) is 2.57. The number of aromatic nitrogens is 4. The fraction of sp³-hybridized carbons (Fsp3) is 0.300. The summed E-state index contributed by atoms with van der Waals surface area (Å²) < 4.78 is 19.0. The van der Waals surface area contributed by atoms with Crippen LogP contribution in [0.2, 0.25) is 0 Å². The van der Waals surface area contributed by atoms with E-state index in [-0.39, 0.29) is 17.9 Å². The normalized spacial score (nSPS) is 29.0. The summed E-state index contributed by atoms with van der Waals surface area (Å²) in [5.41, 5.74) is 6.29. The van der Waals surface area contributed by atoms with Crippen LogP contribution in [0.15, 0.2) is 24.7 Å². The molecule has 1 aliphatic heterocycles. The lowest BCUT2D eigenvalue weighted by molar-refractivity contribution is -0.0120. The van der Waals surface area contributed by atoms with E-state index in [4.69, 9.17) is 10.5 Å². The van der Waals surface area contributed by atoms with Crippen molar-refractivity contribution < 1.29 is 19.3 Å². The molecule has 1 saturated heterocycles. The molecule has 3 unspecified atom stereocenters. The predicted octanol–water partition coefficient (Wildman–Crippen LogP) is -0.530. The molecule has 3 heterocycles. The van der Waals surface area contributed by atoms with Gasteiger partial charge >= 0.3 is 0 Å². The number of nitrogen functional groups attached to an aromatic ring is 1. The van der Waals surface area contributed by atoms with Crippen molar-refractivity contribution in [1.29, 1.82) is 0 Å². The topological polar surface area (TPSA) is 119 Å². The highest BCUT2D eigenvalue weighted by atomic mass is 19.1. The summed E-state index contributed by atoms with van der Waals surface area (Å²) >= 11 is 0. The van der Waals surface area contributed by atoms with Crippen molar-refractivity contribution in [2.75, 3.05) is 5.73 Å². The summed E-state index contributed by atoms with van der Waals surface area (Å²) in [4.78, 5) is 11.8. The van der Waals surface area contributed by atoms with Crippen LogP contribution in [0.3, 0.4) is 0 Å². The first-order chi connectivity index (χ1) is 9.13. The van der Waals surface area contributed by atoms with E-state index in [0.29, 0.717) is 11.2 Å². The molecule has 3 rings (SSSR count). The lowest BCUT2D eigenvalue weighted by atomic mass is 10.2. The van der Waals surface area contributed by atoms with Crippen LogP contribution in [0.5, 0.6) is 0 Å². The summed E-state index contributed by atoms with van der Waals surface area (Å²) in [6.45, 7) is 0. The van der Waals surface area contributed by atoms with Crippen molar-refractivity contribution in [2.24, 2.45) is 0 Å². The molecule has 2 aromatic rings. The molecular weight excluding hydrogens is 257 g/mol. The predicted molar refractivity (Wildman–Crippen MR) is 61.1 cm³/mol. The Morgan fingerprint density at radius 3 is 2.84 bits per heavy atom. The number of rotatable bonds is 1. The average Bonchev–Trinajstić information content (AvgIpc) is 2.94. The van der Waals surface area contributed by atoms with Crippen LogP contribution < -0.4 is 5.73 Å². The van der Waals surface area contributed by atoms with Crippen molar-refractivity contribution in [3.63, 3.8) is 0 Å². The fourth-order valence-corrected chi connectivity index (χ4v) is 1.97. The average molecular weight is 267 g/mol.